The van der Waals surface area contributed by atoms with Crippen LogP contribution in [0, 0.1) is 6.92 Å². The zero-order valence-electron chi connectivity index (χ0n) is 13.0. The summed E-state index contributed by atoms with van der Waals surface area (Å²) in [7, 11) is 0. The van der Waals surface area contributed by atoms with E-state index in [9.17, 15) is 0 Å². The number of rotatable bonds is 1. The molecule has 4 aromatic rings. The second-order valence-corrected chi connectivity index (χ2v) is 6.18. The topological polar surface area (TPSA) is 22.2 Å². The number of imidazole rings is 2. The molecular weight excluding hydrogens is 282 g/mol. The first-order valence-corrected chi connectivity index (χ1v) is 8.07. The van der Waals surface area contributed by atoms with Crippen LogP contribution >= 0.6 is 0 Å². The summed E-state index contributed by atoms with van der Waals surface area (Å²) in [5, 5.41) is 0. The molecule has 0 spiro atoms. The van der Waals surface area contributed by atoms with Crippen LogP contribution in [0.5, 0.6) is 0 Å². The molecule has 2 aromatic heterocycles. The van der Waals surface area contributed by atoms with Crippen molar-refractivity contribution in [3.05, 3.63) is 71.6 Å². The van der Waals surface area contributed by atoms with E-state index in [2.05, 4.69) is 76.6 Å². The molecule has 0 fully saturated rings. The van der Waals surface area contributed by atoms with E-state index >= 15 is 0 Å². The first kappa shape index (κ1) is 12.7. The lowest BCUT2D eigenvalue weighted by Gasteiger charge is -2.11. The van der Waals surface area contributed by atoms with E-state index in [4.69, 9.17) is 4.98 Å². The molecular formula is C20H17N3. The van der Waals surface area contributed by atoms with Gasteiger partial charge in [0.15, 0.2) is 0 Å². The lowest BCUT2D eigenvalue weighted by molar-refractivity contribution is 0.883. The van der Waals surface area contributed by atoms with Crippen LogP contribution in [0.2, 0.25) is 0 Å². The summed E-state index contributed by atoms with van der Waals surface area (Å²) < 4.78 is 4.62. The van der Waals surface area contributed by atoms with E-state index in [-0.39, 0.29) is 0 Å². The van der Waals surface area contributed by atoms with E-state index < -0.39 is 0 Å². The van der Waals surface area contributed by atoms with Crippen molar-refractivity contribution < 1.29 is 0 Å². The summed E-state index contributed by atoms with van der Waals surface area (Å²) in [5.41, 5.74) is 7.31. The van der Waals surface area contributed by atoms with Crippen LogP contribution in [-0.4, -0.2) is 14.0 Å². The van der Waals surface area contributed by atoms with E-state index in [0.717, 1.165) is 24.1 Å². The highest BCUT2D eigenvalue weighted by Gasteiger charge is 2.21. The fourth-order valence-electron chi connectivity index (χ4n) is 3.60. The smallest absolute Gasteiger partial charge is 0.220 e. The first-order chi connectivity index (χ1) is 11.3. The minimum Gasteiger partial charge on any atom is -0.282 e. The molecule has 3 heteroatoms. The number of para-hydroxylation sites is 1. The lowest BCUT2D eigenvalue weighted by atomic mass is 10.1. The lowest BCUT2D eigenvalue weighted by Crippen LogP contribution is -2.03. The van der Waals surface area contributed by atoms with Crippen molar-refractivity contribution in [3.8, 4) is 5.69 Å². The molecule has 2 heterocycles. The molecule has 23 heavy (non-hydrogen) atoms. The third-order valence-corrected chi connectivity index (χ3v) is 4.64. The van der Waals surface area contributed by atoms with Gasteiger partial charge in [0, 0.05) is 5.69 Å². The number of aryl methyl sites for hydroxylation is 1. The monoisotopic (exact) mass is 299 g/mol. The quantitative estimate of drug-likeness (QED) is 0.505. The minimum absolute atomic E-state index is 1.01. The second-order valence-electron chi connectivity index (χ2n) is 6.18. The van der Waals surface area contributed by atoms with Gasteiger partial charge in [-0.1, -0.05) is 30.3 Å². The van der Waals surface area contributed by atoms with E-state index in [0.29, 0.717) is 0 Å². The average molecular weight is 299 g/mol. The van der Waals surface area contributed by atoms with Crippen molar-refractivity contribution in [2.75, 3.05) is 0 Å². The molecule has 5 rings (SSSR count). The maximum Gasteiger partial charge on any atom is 0.220 e. The summed E-state index contributed by atoms with van der Waals surface area (Å²) in [6, 6.07) is 17.0. The first-order valence-electron chi connectivity index (χ1n) is 8.07. The van der Waals surface area contributed by atoms with Crippen LogP contribution in [0.4, 0.5) is 0 Å². The van der Waals surface area contributed by atoms with Gasteiger partial charge >= 0.3 is 0 Å². The molecule has 0 N–H and O–H groups in total. The molecule has 1 aliphatic rings. The molecule has 0 saturated carbocycles. The van der Waals surface area contributed by atoms with Gasteiger partial charge in [0.25, 0.3) is 0 Å². The minimum atomic E-state index is 1.01. The standard InChI is InChI=1S/C20H17N3/c1-14-11-12-16-19(13-14)23-18-10-6-5-9-17(18)22(20(23)21-16)15-7-3-2-4-8-15/h2-4,6-8,10-13H,5,9H2,1H3. The number of nitrogens with zero attached hydrogens (tertiary/aromatic N) is 3. The molecule has 112 valence electrons. The molecule has 0 unspecified atom stereocenters. The normalized spacial score (nSPS) is 13.8. The Bertz CT molecular complexity index is 1060. The highest BCUT2D eigenvalue weighted by molar-refractivity contribution is 5.83. The fraction of sp³-hybridized carbons (Fsp3) is 0.150. The summed E-state index contributed by atoms with van der Waals surface area (Å²) in [6.45, 7) is 2.13. The fourth-order valence-corrected chi connectivity index (χ4v) is 3.60. The Morgan fingerprint density at radius 3 is 2.78 bits per heavy atom. The van der Waals surface area contributed by atoms with E-state index in [1.165, 1.54) is 28.2 Å². The highest BCUT2D eigenvalue weighted by Crippen LogP contribution is 2.31. The van der Waals surface area contributed by atoms with Crippen LogP contribution in [0.25, 0.3) is 28.6 Å². The largest absolute Gasteiger partial charge is 0.282 e. The summed E-state index contributed by atoms with van der Waals surface area (Å²) >= 11 is 0. The maximum absolute atomic E-state index is 4.93. The van der Waals surface area contributed by atoms with Gasteiger partial charge < -0.3 is 0 Å². The third kappa shape index (κ3) is 1.73. The predicted octanol–water partition coefficient (Wildman–Crippen LogP) is 4.55. The maximum atomic E-state index is 4.93. The van der Waals surface area contributed by atoms with Crippen LogP contribution in [0.15, 0.2) is 54.6 Å². The number of fused-ring (bicyclic) bond motifs is 5. The van der Waals surface area contributed by atoms with Crippen molar-refractivity contribution in [1.82, 2.24) is 14.0 Å². The van der Waals surface area contributed by atoms with Crippen molar-refractivity contribution >= 4 is 22.9 Å². The molecule has 0 amide bonds. The van der Waals surface area contributed by atoms with Crippen molar-refractivity contribution in [1.29, 1.82) is 0 Å². The Balaban J connectivity index is 1.98. The summed E-state index contributed by atoms with van der Waals surface area (Å²) in [6.07, 6.45) is 6.65. The summed E-state index contributed by atoms with van der Waals surface area (Å²) in [5.74, 6) is 1.01. The summed E-state index contributed by atoms with van der Waals surface area (Å²) in [4.78, 5) is 4.93. The number of aromatic nitrogens is 3. The average Bonchev–Trinajstić information content (AvgIpc) is 3.10. The van der Waals surface area contributed by atoms with Crippen LogP contribution in [-0.2, 0) is 6.42 Å². The van der Waals surface area contributed by atoms with Gasteiger partial charge in [-0.05, 0) is 55.7 Å². The van der Waals surface area contributed by atoms with Gasteiger partial charge in [0.1, 0.15) is 0 Å². The molecule has 3 nitrogen and oxygen atoms in total. The van der Waals surface area contributed by atoms with E-state index in [1.54, 1.807) is 0 Å². The van der Waals surface area contributed by atoms with Crippen molar-refractivity contribution in [2.24, 2.45) is 0 Å². The Morgan fingerprint density at radius 2 is 1.91 bits per heavy atom. The van der Waals surface area contributed by atoms with Gasteiger partial charge in [0.05, 0.1) is 22.4 Å². The van der Waals surface area contributed by atoms with Crippen molar-refractivity contribution in [2.45, 2.75) is 19.8 Å². The van der Waals surface area contributed by atoms with Crippen LogP contribution in [0.3, 0.4) is 0 Å². The molecule has 0 radical (unpaired) electrons. The molecule has 0 saturated heterocycles. The van der Waals surface area contributed by atoms with Gasteiger partial charge in [-0.3, -0.25) is 8.97 Å². The Morgan fingerprint density at radius 1 is 1.04 bits per heavy atom. The molecule has 0 bridgehead atoms. The number of hydrogen-bond acceptors (Lipinski definition) is 1. The Hall–Kier alpha value is -2.81. The molecule has 2 aromatic carbocycles. The molecule has 0 atom stereocenters. The van der Waals surface area contributed by atoms with Gasteiger partial charge in [-0.25, -0.2) is 4.98 Å². The second kappa shape index (κ2) is 4.59. The van der Waals surface area contributed by atoms with Gasteiger partial charge in [0.2, 0.25) is 5.78 Å². The van der Waals surface area contributed by atoms with Crippen molar-refractivity contribution in [3.63, 3.8) is 0 Å². The number of benzene rings is 2. The highest BCUT2D eigenvalue weighted by atomic mass is 15.2. The zero-order chi connectivity index (χ0) is 15.4. The van der Waals surface area contributed by atoms with Gasteiger partial charge in [-0.15, -0.1) is 0 Å². The molecule has 0 aliphatic heterocycles. The Kier molecular flexibility index (Phi) is 2.54. The number of allylic oxidation sites excluding steroid dienone is 1. The van der Waals surface area contributed by atoms with Gasteiger partial charge in [-0.2, -0.15) is 0 Å². The van der Waals surface area contributed by atoms with Crippen LogP contribution in [0.1, 0.15) is 23.4 Å². The third-order valence-electron chi connectivity index (χ3n) is 4.64. The SMILES string of the molecule is Cc1ccc2nc3n(-c4ccccc4)c4c(n3c2c1)C=CCC4. The zero-order valence-corrected chi connectivity index (χ0v) is 13.0. The van der Waals surface area contributed by atoms with Crippen LogP contribution < -0.4 is 0 Å². The predicted molar refractivity (Wildman–Crippen MR) is 94.1 cm³/mol. The molecule has 1 aliphatic carbocycles. The number of hydrogen-bond donors (Lipinski definition) is 0. The van der Waals surface area contributed by atoms with E-state index in [1.807, 2.05) is 0 Å². The Labute approximate surface area is 134 Å².